The van der Waals surface area contributed by atoms with Crippen LogP contribution in [0, 0.1) is 6.92 Å². The SMILES string of the molecule is COCCn1ccc2c(OC3CCN(c4nc(C)nc5c4cnn5C)CC3)cccc21. The average molecular weight is 421 g/mol. The van der Waals surface area contributed by atoms with Crippen molar-refractivity contribution in [3.05, 3.63) is 42.5 Å². The fourth-order valence-corrected chi connectivity index (χ4v) is 4.40. The number of piperidine rings is 1. The molecular weight excluding hydrogens is 392 g/mol. The minimum absolute atomic E-state index is 0.191. The number of aryl methyl sites for hydroxylation is 2. The predicted octanol–water partition coefficient (Wildman–Crippen LogP) is 3.32. The largest absolute Gasteiger partial charge is 0.490 e. The molecule has 5 rings (SSSR count). The van der Waals surface area contributed by atoms with Crippen molar-refractivity contribution in [1.82, 2.24) is 24.3 Å². The van der Waals surface area contributed by atoms with Gasteiger partial charge in [0.2, 0.25) is 0 Å². The number of ether oxygens (including phenoxy) is 2. The van der Waals surface area contributed by atoms with Crippen molar-refractivity contribution in [1.29, 1.82) is 0 Å². The van der Waals surface area contributed by atoms with E-state index in [4.69, 9.17) is 14.5 Å². The second kappa shape index (κ2) is 8.19. The van der Waals surface area contributed by atoms with Crippen LogP contribution in [0.15, 0.2) is 36.7 Å². The smallest absolute Gasteiger partial charge is 0.163 e. The number of rotatable bonds is 6. The Balaban J connectivity index is 1.30. The molecule has 0 aliphatic carbocycles. The molecule has 0 amide bonds. The molecule has 162 valence electrons. The zero-order valence-corrected chi connectivity index (χ0v) is 18.3. The quantitative estimate of drug-likeness (QED) is 0.477. The van der Waals surface area contributed by atoms with E-state index in [9.17, 15) is 0 Å². The van der Waals surface area contributed by atoms with Crippen LogP contribution in [0.2, 0.25) is 0 Å². The molecule has 0 radical (unpaired) electrons. The molecule has 0 bridgehead atoms. The summed E-state index contributed by atoms with van der Waals surface area (Å²) in [6.45, 7) is 5.26. The number of hydrogen-bond acceptors (Lipinski definition) is 6. The first-order chi connectivity index (χ1) is 15.1. The van der Waals surface area contributed by atoms with Crippen LogP contribution in [-0.4, -0.2) is 57.2 Å². The summed E-state index contributed by atoms with van der Waals surface area (Å²) < 4.78 is 15.7. The zero-order chi connectivity index (χ0) is 21.4. The molecule has 0 saturated carbocycles. The van der Waals surface area contributed by atoms with E-state index in [1.54, 1.807) is 7.11 Å². The number of fused-ring (bicyclic) bond motifs is 2. The lowest BCUT2D eigenvalue weighted by Gasteiger charge is -2.33. The molecule has 8 heteroatoms. The van der Waals surface area contributed by atoms with Crippen LogP contribution in [0.5, 0.6) is 5.75 Å². The molecule has 1 fully saturated rings. The fourth-order valence-electron chi connectivity index (χ4n) is 4.40. The molecule has 4 heterocycles. The van der Waals surface area contributed by atoms with Crippen LogP contribution in [0.25, 0.3) is 21.9 Å². The first-order valence-corrected chi connectivity index (χ1v) is 10.8. The Hall–Kier alpha value is -3.13. The maximum Gasteiger partial charge on any atom is 0.163 e. The van der Waals surface area contributed by atoms with Gasteiger partial charge in [0.1, 0.15) is 23.5 Å². The van der Waals surface area contributed by atoms with Gasteiger partial charge in [0.15, 0.2) is 5.65 Å². The van der Waals surface area contributed by atoms with Gasteiger partial charge in [-0.1, -0.05) is 6.07 Å². The lowest BCUT2D eigenvalue weighted by Crippen LogP contribution is -2.39. The van der Waals surface area contributed by atoms with E-state index in [-0.39, 0.29) is 6.10 Å². The maximum atomic E-state index is 6.47. The van der Waals surface area contributed by atoms with Gasteiger partial charge in [-0.25, -0.2) is 9.97 Å². The first-order valence-electron chi connectivity index (χ1n) is 10.8. The number of methoxy groups -OCH3 is 1. The third-order valence-electron chi connectivity index (χ3n) is 6.03. The molecule has 8 nitrogen and oxygen atoms in total. The molecule has 31 heavy (non-hydrogen) atoms. The van der Waals surface area contributed by atoms with Crippen molar-refractivity contribution in [3.63, 3.8) is 0 Å². The van der Waals surface area contributed by atoms with Gasteiger partial charge in [-0.15, -0.1) is 0 Å². The summed E-state index contributed by atoms with van der Waals surface area (Å²) in [6.07, 6.45) is 6.06. The number of benzene rings is 1. The standard InChI is InChI=1S/C23H28N6O2/c1-16-25-22-19(15-24-27(22)2)23(26-16)29-10-7-17(8-11-29)31-21-6-4-5-20-18(21)9-12-28(20)13-14-30-3/h4-6,9,12,15,17H,7-8,10-11,13-14H2,1-3H3. The molecule has 0 N–H and O–H groups in total. The van der Waals surface area contributed by atoms with E-state index >= 15 is 0 Å². The number of anilines is 1. The molecule has 4 aromatic rings. The van der Waals surface area contributed by atoms with E-state index in [0.29, 0.717) is 6.61 Å². The van der Waals surface area contributed by atoms with Crippen molar-refractivity contribution in [2.24, 2.45) is 7.05 Å². The average Bonchev–Trinajstić information content (AvgIpc) is 3.37. The highest BCUT2D eigenvalue weighted by atomic mass is 16.5. The Bertz CT molecular complexity index is 1210. The van der Waals surface area contributed by atoms with Gasteiger partial charge in [-0.2, -0.15) is 5.10 Å². The Labute approximate surface area is 181 Å². The summed E-state index contributed by atoms with van der Waals surface area (Å²) in [6, 6.07) is 8.41. The van der Waals surface area contributed by atoms with Crippen molar-refractivity contribution in [2.75, 3.05) is 31.7 Å². The Kier molecular flexibility index (Phi) is 5.23. The lowest BCUT2D eigenvalue weighted by atomic mass is 10.1. The summed E-state index contributed by atoms with van der Waals surface area (Å²) in [7, 11) is 3.65. The molecule has 0 unspecified atom stereocenters. The minimum atomic E-state index is 0.191. The van der Waals surface area contributed by atoms with E-state index in [2.05, 4.69) is 50.0 Å². The highest BCUT2D eigenvalue weighted by Gasteiger charge is 2.24. The third kappa shape index (κ3) is 3.72. The second-order valence-electron chi connectivity index (χ2n) is 8.10. The van der Waals surface area contributed by atoms with Gasteiger partial charge in [0, 0.05) is 58.2 Å². The van der Waals surface area contributed by atoms with Crippen LogP contribution < -0.4 is 9.64 Å². The highest BCUT2D eigenvalue weighted by Crippen LogP contribution is 2.31. The molecule has 1 aliphatic rings. The van der Waals surface area contributed by atoms with Gasteiger partial charge in [0.05, 0.1) is 23.7 Å². The molecule has 1 saturated heterocycles. The van der Waals surface area contributed by atoms with Crippen LogP contribution in [0.4, 0.5) is 5.82 Å². The van der Waals surface area contributed by atoms with Crippen molar-refractivity contribution >= 4 is 27.8 Å². The molecule has 1 aromatic carbocycles. The number of nitrogens with zero attached hydrogens (tertiary/aromatic N) is 6. The van der Waals surface area contributed by atoms with Crippen molar-refractivity contribution in [2.45, 2.75) is 32.4 Å². The van der Waals surface area contributed by atoms with Gasteiger partial charge in [-0.3, -0.25) is 4.68 Å². The van der Waals surface area contributed by atoms with Crippen molar-refractivity contribution < 1.29 is 9.47 Å². The van der Waals surface area contributed by atoms with Gasteiger partial charge < -0.3 is 18.9 Å². The minimum Gasteiger partial charge on any atom is -0.490 e. The molecule has 0 spiro atoms. The first kappa shape index (κ1) is 19.8. The molecule has 3 aromatic heterocycles. The highest BCUT2D eigenvalue weighted by molar-refractivity contribution is 5.87. The topological polar surface area (TPSA) is 70.2 Å². The van der Waals surface area contributed by atoms with E-state index in [1.807, 2.05) is 24.9 Å². The van der Waals surface area contributed by atoms with Gasteiger partial charge in [-0.05, 0) is 25.1 Å². The number of aromatic nitrogens is 5. The Morgan fingerprint density at radius 3 is 2.74 bits per heavy atom. The normalized spacial score (nSPS) is 15.3. The van der Waals surface area contributed by atoms with E-state index < -0.39 is 0 Å². The van der Waals surface area contributed by atoms with Crippen LogP contribution in [0.3, 0.4) is 0 Å². The van der Waals surface area contributed by atoms with E-state index in [1.165, 1.54) is 5.52 Å². The molecule has 1 aliphatic heterocycles. The fraction of sp³-hybridized carbons (Fsp3) is 0.435. The van der Waals surface area contributed by atoms with Gasteiger partial charge in [0.25, 0.3) is 0 Å². The Morgan fingerprint density at radius 1 is 1.10 bits per heavy atom. The van der Waals surface area contributed by atoms with Crippen LogP contribution >= 0.6 is 0 Å². The summed E-state index contributed by atoms with van der Waals surface area (Å²) in [4.78, 5) is 11.6. The van der Waals surface area contributed by atoms with Crippen LogP contribution in [0.1, 0.15) is 18.7 Å². The molecule has 0 atom stereocenters. The summed E-state index contributed by atoms with van der Waals surface area (Å²) >= 11 is 0. The summed E-state index contributed by atoms with van der Waals surface area (Å²) in [5.74, 6) is 2.71. The second-order valence-corrected chi connectivity index (χ2v) is 8.10. The van der Waals surface area contributed by atoms with Crippen molar-refractivity contribution in [3.8, 4) is 5.75 Å². The Morgan fingerprint density at radius 2 is 1.94 bits per heavy atom. The van der Waals surface area contributed by atoms with Crippen LogP contribution in [-0.2, 0) is 18.3 Å². The van der Waals surface area contributed by atoms with E-state index in [0.717, 1.165) is 66.3 Å². The maximum absolute atomic E-state index is 6.47. The lowest BCUT2D eigenvalue weighted by molar-refractivity contribution is 0.173. The zero-order valence-electron chi connectivity index (χ0n) is 18.3. The monoisotopic (exact) mass is 420 g/mol. The predicted molar refractivity (Wildman–Crippen MR) is 121 cm³/mol. The summed E-state index contributed by atoms with van der Waals surface area (Å²) in [5, 5.41) is 6.53. The summed E-state index contributed by atoms with van der Waals surface area (Å²) in [5.41, 5.74) is 2.06. The number of hydrogen-bond donors (Lipinski definition) is 0. The molecular formula is C23H28N6O2. The third-order valence-corrected chi connectivity index (χ3v) is 6.03. The van der Waals surface area contributed by atoms with Gasteiger partial charge >= 0.3 is 0 Å².